The molecule has 17 heavy (non-hydrogen) atoms. The summed E-state index contributed by atoms with van der Waals surface area (Å²) in [7, 11) is 2.25. The van der Waals surface area contributed by atoms with Crippen molar-refractivity contribution in [2.75, 3.05) is 26.7 Å². The topological polar surface area (TPSA) is 29.3 Å². The van der Waals surface area contributed by atoms with Crippen LogP contribution >= 0.6 is 12.4 Å². The van der Waals surface area contributed by atoms with Gasteiger partial charge in [-0.1, -0.05) is 33.6 Å². The zero-order valence-electron chi connectivity index (χ0n) is 12.0. The van der Waals surface area contributed by atoms with E-state index < -0.39 is 0 Å². The monoisotopic (exact) mass is 262 g/mol. The molecule has 2 N–H and O–H groups in total. The van der Waals surface area contributed by atoms with Gasteiger partial charge in [0, 0.05) is 13.1 Å². The molecule has 104 valence electrons. The Bertz CT molecular complexity index is 198. The summed E-state index contributed by atoms with van der Waals surface area (Å²) in [4.78, 5) is 2.48. The van der Waals surface area contributed by atoms with Gasteiger partial charge >= 0.3 is 0 Å². The predicted molar refractivity (Wildman–Crippen MR) is 78.7 cm³/mol. The lowest BCUT2D eigenvalue weighted by Gasteiger charge is -2.33. The lowest BCUT2D eigenvalue weighted by atomic mass is 9.82. The molecule has 0 aromatic rings. The Morgan fingerprint density at radius 3 is 2.18 bits per heavy atom. The third kappa shape index (κ3) is 6.64. The summed E-state index contributed by atoms with van der Waals surface area (Å²) in [6, 6.07) is 0. The molecule has 1 fully saturated rings. The van der Waals surface area contributed by atoms with Crippen LogP contribution in [0.1, 0.15) is 46.5 Å². The molecule has 0 aromatic heterocycles. The SMILES string of the molecule is CC1CCC(CN(C)CC(C)(C)CN)CC1.Cl. The van der Waals surface area contributed by atoms with Crippen LogP contribution in [-0.4, -0.2) is 31.6 Å². The Kier molecular flexibility index (Phi) is 7.70. The van der Waals surface area contributed by atoms with Crippen molar-refractivity contribution >= 4 is 12.4 Å². The molecule has 1 aliphatic carbocycles. The highest BCUT2D eigenvalue weighted by atomic mass is 35.5. The van der Waals surface area contributed by atoms with Crippen LogP contribution in [0.25, 0.3) is 0 Å². The molecule has 3 heteroatoms. The van der Waals surface area contributed by atoms with Gasteiger partial charge in [-0.15, -0.1) is 12.4 Å². The van der Waals surface area contributed by atoms with Gasteiger partial charge in [-0.3, -0.25) is 0 Å². The average molecular weight is 263 g/mol. The van der Waals surface area contributed by atoms with Crippen molar-refractivity contribution in [2.24, 2.45) is 23.0 Å². The molecule has 0 heterocycles. The zero-order valence-corrected chi connectivity index (χ0v) is 12.9. The normalized spacial score (nSPS) is 25.8. The second-order valence-corrected chi connectivity index (χ2v) is 6.69. The minimum absolute atomic E-state index is 0. The highest BCUT2D eigenvalue weighted by Crippen LogP contribution is 2.29. The van der Waals surface area contributed by atoms with Crippen molar-refractivity contribution in [3.63, 3.8) is 0 Å². The first-order valence-corrected chi connectivity index (χ1v) is 6.81. The molecule has 0 spiro atoms. The minimum atomic E-state index is 0. The van der Waals surface area contributed by atoms with Crippen molar-refractivity contribution in [3.8, 4) is 0 Å². The maximum atomic E-state index is 5.78. The van der Waals surface area contributed by atoms with Gasteiger partial charge in [0.1, 0.15) is 0 Å². The molecular formula is C14H31ClN2. The fraction of sp³-hybridized carbons (Fsp3) is 1.00. The Labute approximate surface area is 114 Å². The van der Waals surface area contributed by atoms with Gasteiger partial charge in [-0.25, -0.2) is 0 Å². The van der Waals surface area contributed by atoms with Crippen LogP contribution < -0.4 is 5.73 Å². The largest absolute Gasteiger partial charge is 0.330 e. The van der Waals surface area contributed by atoms with Gasteiger partial charge in [-0.2, -0.15) is 0 Å². The van der Waals surface area contributed by atoms with Crippen molar-refractivity contribution in [2.45, 2.75) is 46.5 Å². The van der Waals surface area contributed by atoms with Gasteiger partial charge in [0.2, 0.25) is 0 Å². The maximum Gasteiger partial charge on any atom is 0.00418 e. The van der Waals surface area contributed by atoms with Crippen LogP contribution in [-0.2, 0) is 0 Å². The van der Waals surface area contributed by atoms with E-state index in [2.05, 4.69) is 32.7 Å². The van der Waals surface area contributed by atoms with Crippen LogP contribution in [0.15, 0.2) is 0 Å². The molecular weight excluding hydrogens is 232 g/mol. The summed E-state index contributed by atoms with van der Waals surface area (Å²) in [5.41, 5.74) is 6.04. The van der Waals surface area contributed by atoms with Gasteiger partial charge in [0.15, 0.2) is 0 Å². The molecule has 0 unspecified atom stereocenters. The molecule has 1 rings (SSSR count). The van der Waals surface area contributed by atoms with Crippen LogP contribution in [0.5, 0.6) is 0 Å². The standard InChI is InChI=1S/C14H30N2.ClH/c1-12-5-7-13(8-6-12)9-16(4)11-14(2,3)10-15;/h12-13H,5-11,15H2,1-4H3;1H. The number of hydrogen-bond donors (Lipinski definition) is 1. The van der Waals surface area contributed by atoms with Gasteiger partial charge in [0.25, 0.3) is 0 Å². The highest BCUT2D eigenvalue weighted by Gasteiger charge is 2.22. The molecule has 0 radical (unpaired) electrons. The molecule has 0 bridgehead atoms. The van der Waals surface area contributed by atoms with Crippen molar-refractivity contribution < 1.29 is 0 Å². The van der Waals surface area contributed by atoms with E-state index in [9.17, 15) is 0 Å². The van der Waals surface area contributed by atoms with Crippen LogP contribution in [0.2, 0.25) is 0 Å². The molecule has 0 aromatic carbocycles. The van der Waals surface area contributed by atoms with E-state index >= 15 is 0 Å². The third-order valence-electron chi connectivity index (χ3n) is 3.96. The van der Waals surface area contributed by atoms with Crippen LogP contribution in [0.4, 0.5) is 0 Å². The number of nitrogens with zero attached hydrogens (tertiary/aromatic N) is 1. The van der Waals surface area contributed by atoms with E-state index in [1.165, 1.54) is 32.2 Å². The molecule has 1 saturated carbocycles. The maximum absolute atomic E-state index is 5.78. The number of rotatable bonds is 5. The number of halogens is 1. The summed E-state index contributed by atoms with van der Waals surface area (Å²) in [5.74, 6) is 1.89. The summed E-state index contributed by atoms with van der Waals surface area (Å²) in [5, 5.41) is 0. The van der Waals surface area contributed by atoms with E-state index in [1.807, 2.05) is 0 Å². The summed E-state index contributed by atoms with van der Waals surface area (Å²) in [6.45, 7) is 10.1. The smallest absolute Gasteiger partial charge is 0.00418 e. The molecule has 0 aliphatic heterocycles. The zero-order chi connectivity index (χ0) is 12.2. The Hall–Kier alpha value is 0.210. The van der Waals surface area contributed by atoms with E-state index in [-0.39, 0.29) is 17.8 Å². The quantitative estimate of drug-likeness (QED) is 0.825. The first-order valence-electron chi connectivity index (χ1n) is 6.81. The van der Waals surface area contributed by atoms with E-state index in [4.69, 9.17) is 5.73 Å². The first kappa shape index (κ1) is 17.2. The fourth-order valence-electron chi connectivity index (χ4n) is 2.81. The molecule has 2 nitrogen and oxygen atoms in total. The number of hydrogen-bond acceptors (Lipinski definition) is 2. The van der Waals surface area contributed by atoms with Crippen LogP contribution in [0, 0.1) is 17.3 Å². The fourth-order valence-corrected chi connectivity index (χ4v) is 2.81. The second kappa shape index (κ2) is 7.60. The third-order valence-corrected chi connectivity index (χ3v) is 3.96. The Morgan fingerprint density at radius 1 is 1.18 bits per heavy atom. The minimum Gasteiger partial charge on any atom is -0.330 e. The number of nitrogens with two attached hydrogens (primary N) is 1. The summed E-state index contributed by atoms with van der Waals surface area (Å²) < 4.78 is 0. The Morgan fingerprint density at radius 2 is 1.71 bits per heavy atom. The lowest BCUT2D eigenvalue weighted by Crippen LogP contribution is -2.39. The first-order chi connectivity index (χ1) is 7.43. The average Bonchev–Trinajstić information content (AvgIpc) is 2.21. The Balaban J connectivity index is 0.00000256. The van der Waals surface area contributed by atoms with Gasteiger partial charge in [0.05, 0.1) is 0 Å². The summed E-state index contributed by atoms with van der Waals surface area (Å²) in [6.07, 6.45) is 5.71. The van der Waals surface area contributed by atoms with E-state index in [0.717, 1.165) is 24.9 Å². The summed E-state index contributed by atoms with van der Waals surface area (Å²) >= 11 is 0. The van der Waals surface area contributed by atoms with Crippen LogP contribution in [0.3, 0.4) is 0 Å². The van der Waals surface area contributed by atoms with E-state index in [0.29, 0.717) is 0 Å². The second-order valence-electron chi connectivity index (χ2n) is 6.69. The highest BCUT2D eigenvalue weighted by molar-refractivity contribution is 5.85. The molecule has 0 amide bonds. The van der Waals surface area contributed by atoms with E-state index in [1.54, 1.807) is 0 Å². The predicted octanol–water partition coefficient (Wildman–Crippen LogP) is 3.15. The van der Waals surface area contributed by atoms with Gasteiger partial charge < -0.3 is 10.6 Å². The molecule has 0 atom stereocenters. The van der Waals surface area contributed by atoms with Crippen molar-refractivity contribution in [1.82, 2.24) is 4.90 Å². The van der Waals surface area contributed by atoms with Gasteiger partial charge in [-0.05, 0) is 43.7 Å². The van der Waals surface area contributed by atoms with Crippen molar-refractivity contribution in [3.05, 3.63) is 0 Å². The molecule has 0 saturated heterocycles. The molecule has 1 aliphatic rings. The lowest BCUT2D eigenvalue weighted by molar-refractivity contribution is 0.163. The van der Waals surface area contributed by atoms with Crippen molar-refractivity contribution in [1.29, 1.82) is 0 Å².